The molecular weight excluding hydrogens is 498 g/mol. The Balaban J connectivity index is 1.44. The standard InChI is InChI=1S/C26H20ClN5O3S/c27-16-7-9-19-20(13-16)30-24(33)21(14-17-5-1-3-11-28-17)32(26(19)35)15-18-8-10-22(36-18)25(34)31-23-6-2-4-12-29-23/h1-13,21H,14-15H2,(H,30,33)(H,29,31,34). The van der Waals surface area contributed by atoms with Crippen molar-refractivity contribution in [2.24, 2.45) is 0 Å². The number of amides is 3. The molecule has 0 spiro atoms. The van der Waals surface area contributed by atoms with Crippen LogP contribution in [0, 0.1) is 0 Å². The lowest BCUT2D eigenvalue weighted by Gasteiger charge is -2.28. The molecule has 1 aliphatic rings. The first-order valence-corrected chi connectivity index (χ1v) is 12.3. The topological polar surface area (TPSA) is 104 Å². The number of hydrogen-bond donors (Lipinski definition) is 2. The summed E-state index contributed by atoms with van der Waals surface area (Å²) in [5, 5.41) is 6.02. The summed E-state index contributed by atoms with van der Waals surface area (Å²) in [5.74, 6) is -0.494. The minimum atomic E-state index is -0.813. The maximum atomic E-state index is 13.7. The van der Waals surface area contributed by atoms with Gasteiger partial charge in [-0.3, -0.25) is 19.4 Å². The monoisotopic (exact) mass is 517 g/mol. The van der Waals surface area contributed by atoms with Gasteiger partial charge in [0.25, 0.3) is 11.8 Å². The number of pyridine rings is 2. The summed E-state index contributed by atoms with van der Waals surface area (Å²) >= 11 is 7.38. The number of rotatable bonds is 6. The SMILES string of the molecule is O=C(Nc1ccccn1)c1ccc(CN2C(=O)c3ccc(Cl)cc3NC(=O)C2Cc2ccccn2)s1. The minimum Gasteiger partial charge on any atom is -0.323 e. The number of nitrogens with one attached hydrogen (secondary N) is 2. The maximum Gasteiger partial charge on any atom is 0.266 e. The molecule has 3 aromatic heterocycles. The van der Waals surface area contributed by atoms with Gasteiger partial charge in [-0.15, -0.1) is 11.3 Å². The molecule has 1 atom stereocenters. The molecule has 0 saturated heterocycles. The Morgan fingerprint density at radius 3 is 2.58 bits per heavy atom. The fourth-order valence-corrected chi connectivity index (χ4v) is 5.00. The van der Waals surface area contributed by atoms with Gasteiger partial charge in [0.05, 0.1) is 22.7 Å². The van der Waals surface area contributed by atoms with Crippen LogP contribution in [0.25, 0.3) is 0 Å². The number of carbonyl (C=O) groups is 3. The molecule has 1 unspecified atom stereocenters. The third kappa shape index (κ3) is 5.12. The Bertz CT molecular complexity index is 1430. The van der Waals surface area contributed by atoms with Gasteiger partial charge in [0, 0.05) is 34.4 Å². The number of aromatic nitrogens is 2. The van der Waals surface area contributed by atoms with Crippen LogP contribution < -0.4 is 10.6 Å². The van der Waals surface area contributed by atoms with E-state index < -0.39 is 6.04 Å². The van der Waals surface area contributed by atoms with Gasteiger partial charge >= 0.3 is 0 Å². The lowest BCUT2D eigenvalue weighted by Crippen LogP contribution is -2.46. The Labute approximate surface area is 216 Å². The molecule has 0 fully saturated rings. The molecule has 4 aromatic rings. The lowest BCUT2D eigenvalue weighted by atomic mass is 10.1. The van der Waals surface area contributed by atoms with Crippen LogP contribution >= 0.6 is 22.9 Å². The van der Waals surface area contributed by atoms with Crippen LogP contribution in [0.1, 0.15) is 30.6 Å². The molecule has 4 heterocycles. The third-order valence-electron chi connectivity index (χ3n) is 5.66. The molecule has 2 N–H and O–H groups in total. The highest BCUT2D eigenvalue weighted by Crippen LogP contribution is 2.30. The Hall–Kier alpha value is -4.08. The fourth-order valence-electron chi connectivity index (χ4n) is 3.93. The first-order valence-electron chi connectivity index (χ1n) is 11.1. The summed E-state index contributed by atoms with van der Waals surface area (Å²) in [7, 11) is 0. The van der Waals surface area contributed by atoms with Crippen molar-refractivity contribution in [3.63, 3.8) is 0 Å². The van der Waals surface area contributed by atoms with Crippen molar-refractivity contribution in [1.29, 1.82) is 0 Å². The number of halogens is 1. The highest BCUT2D eigenvalue weighted by Gasteiger charge is 2.36. The number of fused-ring (bicyclic) bond motifs is 1. The molecule has 1 aromatic carbocycles. The van der Waals surface area contributed by atoms with E-state index in [0.717, 1.165) is 4.88 Å². The van der Waals surface area contributed by atoms with Crippen molar-refractivity contribution in [3.05, 3.63) is 105 Å². The van der Waals surface area contributed by atoms with Crippen molar-refractivity contribution < 1.29 is 14.4 Å². The molecule has 8 nitrogen and oxygen atoms in total. The number of nitrogens with zero attached hydrogens (tertiary/aromatic N) is 3. The van der Waals surface area contributed by atoms with Crippen LogP contribution in [-0.2, 0) is 17.8 Å². The molecule has 180 valence electrons. The number of anilines is 2. The van der Waals surface area contributed by atoms with Gasteiger partial charge in [0.2, 0.25) is 5.91 Å². The number of thiophene rings is 1. The van der Waals surface area contributed by atoms with Crippen molar-refractivity contribution >= 4 is 52.2 Å². The molecule has 0 bridgehead atoms. The molecule has 0 saturated carbocycles. The number of benzene rings is 1. The minimum absolute atomic E-state index is 0.146. The van der Waals surface area contributed by atoms with E-state index in [1.54, 1.807) is 67.0 Å². The average Bonchev–Trinajstić information content (AvgIpc) is 3.33. The molecule has 5 rings (SSSR count). The first kappa shape index (κ1) is 23.7. The summed E-state index contributed by atoms with van der Waals surface area (Å²) in [6, 6.07) is 18.2. The highest BCUT2D eigenvalue weighted by atomic mass is 35.5. The van der Waals surface area contributed by atoms with E-state index in [1.807, 2.05) is 12.1 Å². The van der Waals surface area contributed by atoms with Gasteiger partial charge < -0.3 is 15.5 Å². The zero-order valence-electron chi connectivity index (χ0n) is 18.8. The first-order chi connectivity index (χ1) is 17.5. The van der Waals surface area contributed by atoms with Crippen LogP contribution in [0.4, 0.5) is 11.5 Å². The number of hydrogen-bond acceptors (Lipinski definition) is 6. The van der Waals surface area contributed by atoms with Gasteiger partial charge in [-0.05, 0) is 54.6 Å². The second kappa shape index (κ2) is 10.3. The van der Waals surface area contributed by atoms with Gasteiger partial charge in [-0.1, -0.05) is 23.7 Å². The van der Waals surface area contributed by atoms with E-state index in [2.05, 4.69) is 20.6 Å². The van der Waals surface area contributed by atoms with E-state index in [4.69, 9.17) is 11.6 Å². The normalized spacial score (nSPS) is 15.1. The molecule has 0 radical (unpaired) electrons. The van der Waals surface area contributed by atoms with E-state index in [9.17, 15) is 14.4 Å². The van der Waals surface area contributed by atoms with E-state index in [1.165, 1.54) is 16.2 Å². The summed E-state index contributed by atoms with van der Waals surface area (Å²) in [6.45, 7) is 0.146. The molecule has 1 aliphatic heterocycles. The largest absolute Gasteiger partial charge is 0.323 e. The zero-order valence-corrected chi connectivity index (χ0v) is 20.4. The Morgan fingerprint density at radius 1 is 1.03 bits per heavy atom. The van der Waals surface area contributed by atoms with Gasteiger partial charge in [0.1, 0.15) is 11.9 Å². The maximum absolute atomic E-state index is 13.7. The predicted octanol–water partition coefficient (Wildman–Crippen LogP) is 4.65. The van der Waals surface area contributed by atoms with Gasteiger partial charge in [-0.25, -0.2) is 4.98 Å². The van der Waals surface area contributed by atoms with Crippen molar-refractivity contribution in [2.45, 2.75) is 19.0 Å². The second-order valence-electron chi connectivity index (χ2n) is 8.09. The van der Waals surface area contributed by atoms with Crippen LogP contribution in [0.3, 0.4) is 0 Å². The summed E-state index contributed by atoms with van der Waals surface area (Å²) in [5.41, 5.74) is 1.40. The second-order valence-corrected chi connectivity index (χ2v) is 9.69. The third-order valence-corrected chi connectivity index (χ3v) is 6.96. The molecule has 36 heavy (non-hydrogen) atoms. The lowest BCUT2D eigenvalue weighted by molar-refractivity contribution is -0.120. The van der Waals surface area contributed by atoms with Crippen molar-refractivity contribution in [2.75, 3.05) is 10.6 Å². The average molecular weight is 518 g/mol. The van der Waals surface area contributed by atoms with Crippen LogP contribution in [0.5, 0.6) is 0 Å². The molecule has 10 heteroatoms. The van der Waals surface area contributed by atoms with Crippen LogP contribution in [0.15, 0.2) is 79.1 Å². The quantitative estimate of drug-likeness (QED) is 0.387. The summed E-state index contributed by atoms with van der Waals surface area (Å²) in [6.07, 6.45) is 3.48. The summed E-state index contributed by atoms with van der Waals surface area (Å²) in [4.78, 5) is 50.9. The number of carbonyl (C=O) groups excluding carboxylic acids is 3. The van der Waals surface area contributed by atoms with Gasteiger partial charge in [-0.2, -0.15) is 0 Å². The Morgan fingerprint density at radius 2 is 1.83 bits per heavy atom. The Kier molecular flexibility index (Phi) is 6.75. The zero-order chi connectivity index (χ0) is 25.1. The fraction of sp³-hybridized carbons (Fsp3) is 0.115. The highest BCUT2D eigenvalue weighted by molar-refractivity contribution is 7.14. The van der Waals surface area contributed by atoms with E-state index in [0.29, 0.717) is 32.7 Å². The van der Waals surface area contributed by atoms with Crippen molar-refractivity contribution in [1.82, 2.24) is 14.9 Å². The van der Waals surface area contributed by atoms with Gasteiger partial charge in [0.15, 0.2) is 0 Å². The predicted molar refractivity (Wildman–Crippen MR) is 138 cm³/mol. The molecule has 0 aliphatic carbocycles. The smallest absolute Gasteiger partial charge is 0.266 e. The van der Waals surface area contributed by atoms with Crippen LogP contribution in [-0.4, -0.2) is 38.6 Å². The van der Waals surface area contributed by atoms with Crippen LogP contribution in [0.2, 0.25) is 5.02 Å². The van der Waals surface area contributed by atoms with E-state index >= 15 is 0 Å². The van der Waals surface area contributed by atoms with E-state index in [-0.39, 0.29) is 30.7 Å². The summed E-state index contributed by atoms with van der Waals surface area (Å²) < 4.78 is 0. The molecule has 3 amide bonds. The van der Waals surface area contributed by atoms with Crippen molar-refractivity contribution in [3.8, 4) is 0 Å². The molecular formula is C26H20ClN5O3S.